The third-order valence-electron chi connectivity index (χ3n) is 4.14. The molecule has 126 valence electrons. The monoisotopic (exact) mass is 330 g/mol. The summed E-state index contributed by atoms with van der Waals surface area (Å²) < 4.78 is 2.06. The number of aliphatic imine (C=N–C) groups is 2. The molecule has 0 aliphatic heterocycles. The third-order valence-corrected chi connectivity index (χ3v) is 4.14. The Morgan fingerprint density at radius 3 is 2.12 bits per heavy atom. The van der Waals surface area contributed by atoms with Gasteiger partial charge in [-0.1, -0.05) is 23.8 Å². The first-order valence-corrected chi connectivity index (χ1v) is 8.27. The second-order valence-corrected chi connectivity index (χ2v) is 6.19. The van der Waals surface area contributed by atoms with Gasteiger partial charge in [0.1, 0.15) is 0 Å². The summed E-state index contributed by atoms with van der Waals surface area (Å²) in [5.74, 6) is 0.699. The van der Waals surface area contributed by atoms with Crippen LogP contribution in [0.2, 0.25) is 0 Å². The Bertz CT molecular complexity index is 911. The average molecular weight is 330 g/mol. The minimum atomic E-state index is 0.699. The zero-order chi connectivity index (χ0) is 17.8. The molecule has 0 bridgehead atoms. The van der Waals surface area contributed by atoms with Gasteiger partial charge in [-0.3, -0.25) is 4.99 Å². The van der Waals surface area contributed by atoms with E-state index in [1.165, 1.54) is 16.7 Å². The molecule has 3 aromatic rings. The molecule has 0 aliphatic rings. The number of pyridine rings is 1. The van der Waals surface area contributed by atoms with Crippen LogP contribution in [0.4, 0.5) is 11.5 Å². The van der Waals surface area contributed by atoms with Crippen LogP contribution < -0.4 is 0 Å². The van der Waals surface area contributed by atoms with Crippen molar-refractivity contribution < 1.29 is 0 Å². The van der Waals surface area contributed by atoms with Crippen molar-refractivity contribution in [3.63, 3.8) is 0 Å². The van der Waals surface area contributed by atoms with Crippen molar-refractivity contribution in [2.75, 3.05) is 0 Å². The van der Waals surface area contributed by atoms with Gasteiger partial charge < -0.3 is 4.57 Å². The van der Waals surface area contributed by atoms with Crippen LogP contribution in [0.15, 0.2) is 58.6 Å². The second-order valence-electron chi connectivity index (χ2n) is 6.19. The summed E-state index contributed by atoms with van der Waals surface area (Å²) in [6.07, 6.45) is 5.47. The van der Waals surface area contributed by atoms with E-state index >= 15 is 0 Å². The molecule has 0 unspecified atom stereocenters. The molecule has 0 atom stereocenters. The smallest absolute Gasteiger partial charge is 0.151 e. The molecule has 2 aromatic heterocycles. The Morgan fingerprint density at radius 1 is 0.880 bits per heavy atom. The van der Waals surface area contributed by atoms with E-state index in [9.17, 15) is 0 Å². The third kappa shape index (κ3) is 3.91. The standard InChI is InChI=1S/C21H22N4/c1-15-11-16(2)21(17(3)12-15)24-14-19-9-8-18(25(19)4)13-23-20-7-5-6-10-22-20/h5-14H,1-4H3/b23-13+,24-14?. The van der Waals surface area contributed by atoms with Gasteiger partial charge in [0.2, 0.25) is 0 Å². The number of nitrogens with zero attached hydrogens (tertiary/aromatic N) is 4. The van der Waals surface area contributed by atoms with E-state index in [1.54, 1.807) is 6.20 Å². The Kier molecular flexibility index (Phi) is 4.89. The summed E-state index contributed by atoms with van der Waals surface area (Å²) in [7, 11) is 2.01. The molecule has 0 fully saturated rings. The van der Waals surface area contributed by atoms with Crippen molar-refractivity contribution in [3.05, 3.63) is 76.7 Å². The van der Waals surface area contributed by atoms with Crippen LogP contribution in [0, 0.1) is 20.8 Å². The Morgan fingerprint density at radius 2 is 1.52 bits per heavy atom. The fourth-order valence-electron chi connectivity index (χ4n) is 2.87. The molecule has 0 amide bonds. The van der Waals surface area contributed by atoms with Crippen molar-refractivity contribution in [1.29, 1.82) is 0 Å². The van der Waals surface area contributed by atoms with Gasteiger partial charge in [0, 0.05) is 13.2 Å². The van der Waals surface area contributed by atoms with Crippen LogP contribution in [-0.2, 0) is 7.05 Å². The van der Waals surface area contributed by atoms with Gasteiger partial charge in [0.15, 0.2) is 5.82 Å². The first kappa shape index (κ1) is 16.8. The van der Waals surface area contributed by atoms with Gasteiger partial charge in [-0.05, 0) is 56.2 Å². The topological polar surface area (TPSA) is 42.5 Å². The van der Waals surface area contributed by atoms with Crippen LogP contribution in [-0.4, -0.2) is 22.0 Å². The highest BCUT2D eigenvalue weighted by atomic mass is 15.0. The van der Waals surface area contributed by atoms with Crippen molar-refractivity contribution >= 4 is 23.9 Å². The molecule has 0 N–H and O–H groups in total. The lowest BCUT2D eigenvalue weighted by molar-refractivity contribution is 0.909. The molecule has 3 rings (SSSR count). The zero-order valence-electron chi connectivity index (χ0n) is 15.1. The number of rotatable bonds is 4. The average Bonchev–Trinajstić information content (AvgIpc) is 2.93. The number of aryl methyl sites for hydroxylation is 3. The lowest BCUT2D eigenvalue weighted by Gasteiger charge is -2.06. The van der Waals surface area contributed by atoms with E-state index in [-0.39, 0.29) is 0 Å². The van der Waals surface area contributed by atoms with Crippen LogP contribution in [0.25, 0.3) is 0 Å². The fraction of sp³-hybridized carbons (Fsp3) is 0.190. The van der Waals surface area contributed by atoms with Crippen LogP contribution >= 0.6 is 0 Å². The van der Waals surface area contributed by atoms with E-state index in [4.69, 9.17) is 4.99 Å². The minimum absolute atomic E-state index is 0.699. The van der Waals surface area contributed by atoms with E-state index in [1.807, 2.05) is 49.8 Å². The van der Waals surface area contributed by atoms with E-state index in [0.717, 1.165) is 17.1 Å². The summed E-state index contributed by atoms with van der Waals surface area (Å²) in [4.78, 5) is 13.3. The van der Waals surface area contributed by atoms with E-state index in [0.29, 0.717) is 5.82 Å². The van der Waals surface area contributed by atoms with E-state index < -0.39 is 0 Å². The normalized spacial score (nSPS) is 11.7. The van der Waals surface area contributed by atoms with Crippen LogP contribution in [0.5, 0.6) is 0 Å². The predicted molar refractivity (Wildman–Crippen MR) is 105 cm³/mol. The van der Waals surface area contributed by atoms with Crippen molar-refractivity contribution in [3.8, 4) is 0 Å². The van der Waals surface area contributed by atoms with Crippen molar-refractivity contribution in [2.24, 2.45) is 17.0 Å². The summed E-state index contributed by atoms with van der Waals surface area (Å²) in [6, 6.07) is 14.1. The zero-order valence-corrected chi connectivity index (χ0v) is 15.1. The Balaban J connectivity index is 1.83. The van der Waals surface area contributed by atoms with Crippen LogP contribution in [0.3, 0.4) is 0 Å². The quantitative estimate of drug-likeness (QED) is 0.631. The summed E-state index contributed by atoms with van der Waals surface area (Å²) >= 11 is 0. The number of aromatic nitrogens is 2. The number of hydrogen-bond donors (Lipinski definition) is 0. The molecule has 0 aliphatic carbocycles. The molecule has 0 radical (unpaired) electrons. The molecule has 4 heteroatoms. The highest BCUT2D eigenvalue weighted by molar-refractivity contribution is 5.86. The molecule has 0 spiro atoms. The maximum atomic E-state index is 4.71. The summed E-state index contributed by atoms with van der Waals surface area (Å²) in [6.45, 7) is 6.31. The Labute approximate surface area is 148 Å². The van der Waals surface area contributed by atoms with Gasteiger partial charge >= 0.3 is 0 Å². The van der Waals surface area contributed by atoms with Gasteiger partial charge in [-0.15, -0.1) is 0 Å². The van der Waals surface area contributed by atoms with Gasteiger partial charge in [0.05, 0.1) is 29.5 Å². The van der Waals surface area contributed by atoms with Gasteiger partial charge in [-0.25, -0.2) is 9.98 Å². The van der Waals surface area contributed by atoms with Crippen molar-refractivity contribution in [1.82, 2.24) is 9.55 Å². The molecule has 25 heavy (non-hydrogen) atoms. The highest BCUT2D eigenvalue weighted by Gasteiger charge is 2.04. The number of benzene rings is 1. The molecular formula is C21H22N4. The molecule has 0 saturated carbocycles. The van der Waals surface area contributed by atoms with Crippen LogP contribution in [0.1, 0.15) is 28.1 Å². The lowest BCUT2D eigenvalue weighted by atomic mass is 10.1. The summed E-state index contributed by atoms with van der Waals surface area (Å²) in [5.41, 5.74) is 6.72. The summed E-state index contributed by atoms with van der Waals surface area (Å²) in [5, 5.41) is 0. The van der Waals surface area contributed by atoms with Gasteiger partial charge in [-0.2, -0.15) is 0 Å². The fourth-order valence-corrected chi connectivity index (χ4v) is 2.87. The first-order chi connectivity index (χ1) is 12.0. The molecule has 4 nitrogen and oxygen atoms in total. The lowest BCUT2D eigenvalue weighted by Crippen LogP contribution is -1.99. The minimum Gasteiger partial charge on any atom is -0.342 e. The van der Waals surface area contributed by atoms with E-state index in [2.05, 4.69) is 47.4 Å². The molecular weight excluding hydrogens is 308 g/mol. The predicted octanol–water partition coefficient (Wildman–Crippen LogP) is 4.85. The van der Waals surface area contributed by atoms with Crippen molar-refractivity contribution in [2.45, 2.75) is 20.8 Å². The largest absolute Gasteiger partial charge is 0.342 e. The molecule has 2 heterocycles. The molecule has 0 saturated heterocycles. The second kappa shape index (κ2) is 7.26. The maximum Gasteiger partial charge on any atom is 0.151 e. The maximum absolute atomic E-state index is 4.71. The Hall–Kier alpha value is -3.01. The number of hydrogen-bond acceptors (Lipinski definition) is 3. The SMILES string of the molecule is Cc1cc(C)c(N=Cc2ccc(/C=N/c3ccccn3)n2C)c(C)c1. The van der Waals surface area contributed by atoms with Gasteiger partial charge in [0.25, 0.3) is 0 Å². The molecule has 1 aromatic carbocycles. The highest BCUT2D eigenvalue weighted by Crippen LogP contribution is 2.25. The first-order valence-electron chi connectivity index (χ1n) is 8.27.